The fraction of sp³-hybridized carbons (Fsp3) is 0.364. The molecule has 2 aromatic rings. The summed E-state index contributed by atoms with van der Waals surface area (Å²) in [6.07, 6.45) is 0. The molecule has 0 spiro atoms. The molecule has 0 saturated carbocycles. The molecule has 2 aromatic carbocycles. The summed E-state index contributed by atoms with van der Waals surface area (Å²) in [5, 5.41) is 6.00. The predicted octanol–water partition coefficient (Wildman–Crippen LogP) is 4.63. The van der Waals surface area contributed by atoms with Crippen LogP contribution in [0.4, 0.5) is 5.69 Å². The predicted molar refractivity (Wildman–Crippen MR) is 120 cm³/mol. The van der Waals surface area contributed by atoms with Gasteiger partial charge in [-0.1, -0.05) is 12.1 Å². The molecule has 1 amide bonds. The maximum absolute atomic E-state index is 12.8. The van der Waals surface area contributed by atoms with Crippen LogP contribution in [-0.2, 0) is 0 Å². The molecule has 2 N–H and O–H groups in total. The van der Waals surface area contributed by atoms with Crippen molar-refractivity contribution in [2.45, 2.75) is 34.6 Å². The summed E-state index contributed by atoms with van der Waals surface area (Å²) in [5.41, 5.74) is 3.35. The highest BCUT2D eigenvalue weighted by atomic mass is 32.1. The van der Waals surface area contributed by atoms with Gasteiger partial charge in [-0.2, -0.15) is 0 Å². The third-order valence-corrected chi connectivity index (χ3v) is 4.24. The second-order valence-corrected chi connectivity index (χ2v) is 6.74. The van der Waals surface area contributed by atoms with Crippen LogP contribution in [0.3, 0.4) is 0 Å². The van der Waals surface area contributed by atoms with E-state index < -0.39 is 0 Å². The Labute approximate surface area is 177 Å². The number of amides is 1. The van der Waals surface area contributed by atoms with Crippen molar-refractivity contribution in [3.8, 4) is 17.2 Å². The molecule has 0 fully saturated rings. The second kappa shape index (κ2) is 10.7. The van der Waals surface area contributed by atoms with Gasteiger partial charge in [-0.15, -0.1) is 0 Å². The lowest BCUT2D eigenvalue weighted by Crippen LogP contribution is -2.34. The Morgan fingerprint density at radius 3 is 2.07 bits per heavy atom. The Kier molecular flexibility index (Phi) is 8.27. The van der Waals surface area contributed by atoms with E-state index in [9.17, 15) is 4.79 Å². The Hall–Kier alpha value is -2.80. The Balaban J connectivity index is 2.24. The topological polar surface area (TPSA) is 68.8 Å². The molecule has 29 heavy (non-hydrogen) atoms. The molecule has 7 heteroatoms. The number of thiocarbonyl (C=S) groups is 1. The van der Waals surface area contributed by atoms with Gasteiger partial charge >= 0.3 is 0 Å². The van der Waals surface area contributed by atoms with Gasteiger partial charge in [-0.05, 0) is 76.2 Å². The largest absolute Gasteiger partial charge is 0.490 e. The standard InChI is InChI=1S/C22H28N2O4S/c1-6-26-18-12-16(13-19(27-7-2)20(18)28-8-3)21(25)24-22(29)23-17-11-14(4)9-10-15(17)5/h9-13H,6-8H2,1-5H3,(H2,23,24,25,29). The average Bonchev–Trinajstić information content (AvgIpc) is 2.67. The van der Waals surface area contributed by atoms with Crippen LogP contribution in [-0.4, -0.2) is 30.8 Å². The van der Waals surface area contributed by atoms with Gasteiger partial charge < -0.3 is 19.5 Å². The van der Waals surface area contributed by atoms with Crippen LogP contribution >= 0.6 is 12.2 Å². The first-order valence-corrected chi connectivity index (χ1v) is 10.1. The van der Waals surface area contributed by atoms with E-state index in [1.807, 2.05) is 52.8 Å². The highest BCUT2D eigenvalue weighted by Crippen LogP contribution is 2.39. The molecule has 0 saturated heterocycles. The molecule has 0 aliphatic rings. The minimum atomic E-state index is -0.363. The number of rotatable bonds is 8. The van der Waals surface area contributed by atoms with Crippen LogP contribution in [0.2, 0.25) is 0 Å². The average molecular weight is 417 g/mol. The summed E-state index contributed by atoms with van der Waals surface area (Å²) < 4.78 is 17.0. The zero-order valence-electron chi connectivity index (χ0n) is 17.5. The molecule has 0 aliphatic heterocycles. The number of anilines is 1. The number of benzene rings is 2. The van der Waals surface area contributed by atoms with E-state index in [1.165, 1.54) is 0 Å². The van der Waals surface area contributed by atoms with Crippen molar-refractivity contribution in [2.24, 2.45) is 0 Å². The minimum absolute atomic E-state index is 0.216. The van der Waals surface area contributed by atoms with Gasteiger partial charge in [-0.3, -0.25) is 10.1 Å². The Morgan fingerprint density at radius 2 is 1.52 bits per heavy atom. The van der Waals surface area contributed by atoms with E-state index in [4.69, 9.17) is 26.4 Å². The molecular formula is C22H28N2O4S. The summed E-state index contributed by atoms with van der Waals surface area (Å²) in [6.45, 7) is 10.9. The molecule has 0 radical (unpaired) electrons. The van der Waals surface area contributed by atoms with Crippen molar-refractivity contribution in [1.29, 1.82) is 0 Å². The van der Waals surface area contributed by atoms with Crippen molar-refractivity contribution in [1.82, 2.24) is 5.32 Å². The van der Waals surface area contributed by atoms with Gasteiger partial charge in [0, 0.05) is 11.3 Å². The van der Waals surface area contributed by atoms with Crippen LogP contribution in [0.15, 0.2) is 30.3 Å². The molecule has 2 rings (SSSR count). The monoisotopic (exact) mass is 416 g/mol. The highest BCUT2D eigenvalue weighted by Gasteiger charge is 2.19. The number of carbonyl (C=O) groups excluding carboxylic acids is 1. The molecule has 0 aromatic heterocycles. The number of ether oxygens (including phenoxy) is 3. The lowest BCUT2D eigenvalue weighted by atomic mass is 10.1. The summed E-state index contributed by atoms with van der Waals surface area (Å²) in [5.74, 6) is 1.04. The number of nitrogens with one attached hydrogen (secondary N) is 2. The number of hydrogen-bond donors (Lipinski definition) is 2. The van der Waals surface area contributed by atoms with Crippen molar-refractivity contribution in [2.75, 3.05) is 25.1 Å². The van der Waals surface area contributed by atoms with Crippen molar-refractivity contribution >= 4 is 28.9 Å². The maximum atomic E-state index is 12.8. The third kappa shape index (κ3) is 6.09. The summed E-state index contributed by atoms with van der Waals surface area (Å²) in [4.78, 5) is 12.8. The van der Waals surface area contributed by atoms with Crippen LogP contribution in [0.25, 0.3) is 0 Å². The second-order valence-electron chi connectivity index (χ2n) is 6.33. The fourth-order valence-corrected chi connectivity index (χ4v) is 2.92. The van der Waals surface area contributed by atoms with Crippen molar-refractivity contribution in [3.63, 3.8) is 0 Å². The Bertz CT molecular complexity index is 856. The van der Waals surface area contributed by atoms with Gasteiger partial charge in [0.05, 0.1) is 19.8 Å². The van der Waals surface area contributed by atoms with E-state index >= 15 is 0 Å². The van der Waals surface area contributed by atoms with Gasteiger partial charge in [0.1, 0.15) is 0 Å². The molecular weight excluding hydrogens is 388 g/mol. The van der Waals surface area contributed by atoms with Crippen molar-refractivity contribution in [3.05, 3.63) is 47.0 Å². The SMILES string of the molecule is CCOc1cc(C(=O)NC(=S)Nc2cc(C)ccc2C)cc(OCC)c1OCC. The molecule has 6 nitrogen and oxygen atoms in total. The fourth-order valence-electron chi connectivity index (χ4n) is 2.72. The number of hydrogen-bond acceptors (Lipinski definition) is 5. The maximum Gasteiger partial charge on any atom is 0.257 e. The van der Waals surface area contributed by atoms with Crippen LogP contribution in [0, 0.1) is 13.8 Å². The molecule has 0 atom stereocenters. The quantitative estimate of drug-likeness (QED) is 0.612. The minimum Gasteiger partial charge on any atom is -0.490 e. The molecule has 0 unspecified atom stereocenters. The van der Waals surface area contributed by atoms with Gasteiger partial charge in [0.2, 0.25) is 5.75 Å². The number of aryl methyl sites for hydroxylation is 2. The smallest absolute Gasteiger partial charge is 0.257 e. The van der Waals surface area contributed by atoms with E-state index in [2.05, 4.69) is 10.6 Å². The van der Waals surface area contributed by atoms with E-state index in [1.54, 1.807) is 12.1 Å². The molecule has 156 valence electrons. The number of carbonyl (C=O) groups is 1. The van der Waals surface area contributed by atoms with Crippen LogP contribution < -0.4 is 24.8 Å². The van der Waals surface area contributed by atoms with E-state index in [-0.39, 0.29) is 11.0 Å². The molecule has 0 aliphatic carbocycles. The summed E-state index contributed by atoms with van der Waals surface area (Å²) >= 11 is 5.32. The lowest BCUT2D eigenvalue weighted by Gasteiger charge is -2.17. The first-order valence-electron chi connectivity index (χ1n) is 9.65. The van der Waals surface area contributed by atoms with Crippen LogP contribution in [0.5, 0.6) is 17.2 Å². The normalized spacial score (nSPS) is 10.2. The molecule has 0 heterocycles. The van der Waals surface area contributed by atoms with Gasteiger partial charge in [0.25, 0.3) is 5.91 Å². The van der Waals surface area contributed by atoms with Gasteiger partial charge in [-0.25, -0.2) is 0 Å². The first kappa shape index (κ1) is 22.5. The van der Waals surface area contributed by atoms with Crippen molar-refractivity contribution < 1.29 is 19.0 Å². The van der Waals surface area contributed by atoms with E-state index in [0.29, 0.717) is 42.6 Å². The first-order chi connectivity index (χ1) is 13.9. The lowest BCUT2D eigenvalue weighted by molar-refractivity contribution is 0.0976. The third-order valence-electron chi connectivity index (χ3n) is 4.04. The van der Waals surface area contributed by atoms with Gasteiger partial charge in [0.15, 0.2) is 16.6 Å². The van der Waals surface area contributed by atoms with Crippen LogP contribution in [0.1, 0.15) is 42.3 Å². The highest BCUT2D eigenvalue weighted by molar-refractivity contribution is 7.80. The summed E-state index contributed by atoms with van der Waals surface area (Å²) in [6, 6.07) is 9.26. The molecule has 0 bridgehead atoms. The van der Waals surface area contributed by atoms with E-state index in [0.717, 1.165) is 16.8 Å². The Morgan fingerprint density at radius 1 is 0.931 bits per heavy atom. The summed E-state index contributed by atoms with van der Waals surface area (Å²) in [7, 11) is 0. The zero-order valence-corrected chi connectivity index (χ0v) is 18.4. The zero-order chi connectivity index (χ0) is 21.4.